The van der Waals surface area contributed by atoms with Crippen molar-refractivity contribution in [1.82, 2.24) is 20.6 Å². The van der Waals surface area contributed by atoms with Crippen molar-refractivity contribution in [2.45, 2.75) is 18.1 Å². The predicted octanol–water partition coefficient (Wildman–Crippen LogP) is 0.785. The Balaban J connectivity index is 2.50. The number of nitrogens with one attached hydrogen (secondary N) is 1. The van der Waals surface area contributed by atoms with Crippen LogP contribution in [-0.2, 0) is 0 Å². The maximum atomic E-state index is 4.25. The lowest BCUT2D eigenvalue weighted by Crippen LogP contribution is -1.92. The zero-order valence-electron chi connectivity index (χ0n) is 5.49. The molecule has 1 aromatic heterocycles. The summed E-state index contributed by atoms with van der Waals surface area (Å²) in [6, 6.07) is 0. The molecule has 5 heteroatoms. The summed E-state index contributed by atoms with van der Waals surface area (Å²) in [7, 11) is 0. The van der Waals surface area contributed by atoms with Crippen molar-refractivity contribution in [2.75, 3.05) is 0 Å². The third-order valence-electron chi connectivity index (χ3n) is 1.15. The van der Waals surface area contributed by atoms with Crippen molar-refractivity contribution in [3.63, 3.8) is 0 Å². The van der Waals surface area contributed by atoms with Crippen LogP contribution in [0.4, 0.5) is 0 Å². The van der Waals surface area contributed by atoms with E-state index in [2.05, 4.69) is 40.2 Å². The number of hydrogen-bond acceptors (Lipinski definition) is 4. The molecule has 1 N–H and O–H groups in total. The van der Waals surface area contributed by atoms with Gasteiger partial charge in [0.25, 0.3) is 0 Å². The minimum absolute atomic E-state index is 0.0903. The van der Waals surface area contributed by atoms with Crippen LogP contribution in [0.2, 0.25) is 0 Å². The highest BCUT2D eigenvalue weighted by Gasteiger charge is 2.07. The van der Waals surface area contributed by atoms with E-state index in [-0.39, 0.29) is 5.25 Å². The molecule has 0 aliphatic rings. The smallest absolute Gasteiger partial charge is 0.161 e. The summed E-state index contributed by atoms with van der Waals surface area (Å²) in [5.74, 6) is 0.715. The largest absolute Gasteiger partial charge is 0.242 e. The molecule has 1 radical (unpaired) electrons. The maximum absolute atomic E-state index is 4.25. The molecule has 1 atom stereocenters. The molecule has 0 saturated heterocycles. The minimum atomic E-state index is 0.0903. The second-order valence-electron chi connectivity index (χ2n) is 1.94. The van der Waals surface area contributed by atoms with Crippen LogP contribution in [0.15, 0.2) is 0 Å². The van der Waals surface area contributed by atoms with Crippen LogP contribution in [0.25, 0.3) is 0 Å². The predicted molar refractivity (Wildman–Crippen MR) is 40.5 cm³/mol. The lowest BCUT2D eigenvalue weighted by atomic mass is 10.2. The number of aromatic nitrogens is 4. The molecular weight excluding hydrogens is 148 g/mol. The molecule has 55 valence electrons. The van der Waals surface area contributed by atoms with Crippen molar-refractivity contribution >= 4 is 12.6 Å². The Hall–Kier alpha value is -0.580. The number of hydrogen-bond donors (Lipinski definition) is 2. The fourth-order valence-electron chi connectivity index (χ4n) is 0.638. The highest BCUT2D eigenvalue weighted by molar-refractivity contribution is 7.80. The van der Waals surface area contributed by atoms with Gasteiger partial charge in [0.05, 0.1) is 5.25 Å². The number of aromatic amines is 1. The lowest BCUT2D eigenvalue weighted by Gasteiger charge is -2.01. The van der Waals surface area contributed by atoms with E-state index in [9.17, 15) is 0 Å². The molecule has 0 bridgehead atoms. The third kappa shape index (κ3) is 1.70. The summed E-state index contributed by atoms with van der Waals surface area (Å²) < 4.78 is 0. The topological polar surface area (TPSA) is 54.5 Å². The Bertz CT molecular complexity index is 174. The monoisotopic (exact) mass is 157 g/mol. The summed E-state index contributed by atoms with van der Waals surface area (Å²) in [5, 5.41) is 13.3. The number of nitrogens with zero attached hydrogens (tertiary/aromatic N) is 3. The zero-order valence-corrected chi connectivity index (χ0v) is 6.38. The number of thiol groups is 1. The van der Waals surface area contributed by atoms with Crippen LogP contribution >= 0.6 is 12.6 Å². The van der Waals surface area contributed by atoms with Gasteiger partial charge < -0.3 is 0 Å². The summed E-state index contributed by atoms with van der Waals surface area (Å²) >= 11 is 4.25. The fraction of sp³-hybridized carbons (Fsp3) is 0.600. The molecule has 0 aliphatic carbocycles. The van der Waals surface area contributed by atoms with Crippen molar-refractivity contribution in [3.05, 3.63) is 12.7 Å². The van der Waals surface area contributed by atoms with Gasteiger partial charge in [-0.15, -0.1) is 5.10 Å². The molecule has 1 heterocycles. The quantitative estimate of drug-likeness (QED) is 0.638. The molecule has 0 saturated carbocycles. The van der Waals surface area contributed by atoms with Crippen LogP contribution in [-0.4, -0.2) is 20.6 Å². The first-order valence-corrected chi connectivity index (χ1v) is 3.57. The Morgan fingerprint density at radius 3 is 3.00 bits per heavy atom. The van der Waals surface area contributed by atoms with E-state index in [1.54, 1.807) is 0 Å². The van der Waals surface area contributed by atoms with Crippen molar-refractivity contribution in [1.29, 1.82) is 0 Å². The Labute approximate surface area is 64.8 Å². The van der Waals surface area contributed by atoms with E-state index in [0.29, 0.717) is 5.82 Å². The summed E-state index contributed by atoms with van der Waals surface area (Å²) in [6.07, 6.45) is 1.73. The molecule has 4 nitrogen and oxygen atoms in total. The van der Waals surface area contributed by atoms with Crippen LogP contribution in [0, 0.1) is 6.92 Å². The van der Waals surface area contributed by atoms with Crippen LogP contribution in [0.5, 0.6) is 0 Å². The Morgan fingerprint density at radius 2 is 2.50 bits per heavy atom. The molecule has 10 heavy (non-hydrogen) atoms. The molecule has 0 aliphatic heterocycles. The fourth-order valence-corrected chi connectivity index (χ4v) is 0.930. The SMILES string of the molecule is [CH2]CCC(S)c1nnn[nH]1. The van der Waals surface area contributed by atoms with Crippen molar-refractivity contribution in [3.8, 4) is 0 Å². The number of tetrazole rings is 1. The molecule has 1 rings (SSSR count). The van der Waals surface area contributed by atoms with E-state index in [0.717, 1.165) is 12.8 Å². The highest BCUT2D eigenvalue weighted by Crippen LogP contribution is 2.19. The normalized spacial score (nSPS) is 13.4. The second-order valence-corrected chi connectivity index (χ2v) is 2.57. The molecule has 0 amide bonds. The van der Waals surface area contributed by atoms with E-state index < -0.39 is 0 Å². The molecule has 1 unspecified atom stereocenters. The van der Waals surface area contributed by atoms with Gasteiger partial charge in [-0.05, 0) is 16.8 Å². The van der Waals surface area contributed by atoms with Gasteiger partial charge in [0.2, 0.25) is 0 Å². The summed E-state index contributed by atoms with van der Waals surface area (Å²) in [4.78, 5) is 0. The number of H-pyrrole nitrogens is 1. The maximum Gasteiger partial charge on any atom is 0.161 e. The van der Waals surface area contributed by atoms with Gasteiger partial charge >= 0.3 is 0 Å². The minimum Gasteiger partial charge on any atom is -0.242 e. The molecular formula is C5H9N4S. The first-order valence-electron chi connectivity index (χ1n) is 3.05. The average Bonchev–Trinajstić information content (AvgIpc) is 2.38. The van der Waals surface area contributed by atoms with E-state index in [1.807, 2.05) is 0 Å². The van der Waals surface area contributed by atoms with Crippen LogP contribution in [0.3, 0.4) is 0 Å². The van der Waals surface area contributed by atoms with Gasteiger partial charge in [0.15, 0.2) is 5.82 Å². The molecule has 0 aromatic carbocycles. The number of rotatable bonds is 3. The average molecular weight is 157 g/mol. The lowest BCUT2D eigenvalue weighted by molar-refractivity contribution is 0.773. The van der Waals surface area contributed by atoms with Crippen molar-refractivity contribution in [2.24, 2.45) is 0 Å². The zero-order chi connectivity index (χ0) is 7.40. The molecule has 1 aromatic rings. The summed E-state index contributed by atoms with van der Waals surface area (Å²) in [6.45, 7) is 3.70. The molecule has 0 spiro atoms. The van der Waals surface area contributed by atoms with Gasteiger partial charge in [0, 0.05) is 0 Å². The van der Waals surface area contributed by atoms with Gasteiger partial charge in [-0.3, -0.25) is 0 Å². The van der Waals surface area contributed by atoms with E-state index in [4.69, 9.17) is 0 Å². The second kappa shape index (κ2) is 3.55. The standard InChI is InChI=1S/C5H9N4S/c1-2-3-4(10)5-6-8-9-7-5/h4,10H,1-3H2,(H,6,7,8,9). The first kappa shape index (κ1) is 7.53. The Morgan fingerprint density at radius 1 is 1.70 bits per heavy atom. The van der Waals surface area contributed by atoms with Gasteiger partial charge in [-0.25, -0.2) is 5.10 Å². The summed E-state index contributed by atoms with van der Waals surface area (Å²) in [5.41, 5.74) is 0. The van der Waals surface area contributed by atoms with E-state index in [1.165, 1.54) is 0 Å². The first-order chi connectivity index (χ1) is 4.84. The van der Waals surface area contributed by atoms with Crippen LogP contribution < -0.4 is 0 Å². The Kier molecular flexibility index (Phi) is 2.68. The third-order valence-corrected chi connectivity index (χ3v) is 1.66. The highest BCUT2D eigenvalue weighted by atomic mass is 32.1. The van der Waals surface area contributed by atoms with Crippen LogP contribution in [0.1, 0.15) is 23.9 Å². The van der Waals surface area contributed by atoms with E-state index >= 15 is 0 Å². The molecule has 0 fully saturated rings. The van der Waals surface area contributed by atoms with Gasteiger partial charge in [0.1, 0.15) is 0 Å². The van der Waals surface area contributed by atoms with Gasteiger partial charge in [-0.2, -0.15) is 12.6 Å². The van der Waals surface area contributed by atoms with Crippen molar-refractivity contribution < 1.29 is 0 Å². The van der Waals surface area contributed by atoms with Gasteiger partial charge in [-0.1, -0.05) is 13.3 Å².